The lowest BCUT2D eigenvalue weighted by atomic mass is 9.91. The molecule has 0 spiro atoms. The summed E-state index contributed by atoms with van der Waals surface area (Å²) < 4.78 is 0. The van der Waals surface area contributed by atoms with E-state index in [0.717, 1.165) is 6.42 Å². The summed E-state index contributed by atoms with van der Waals surface area (Å²) in [5.41, 5.74) is -0.552. The molecule has 0 radical (unpaired) electrons. The topological polar surface area (TPSA) is 52.6 Å². The van der Waals surface area contributed by atoms with E-state index in [-0.39, 0.29) is 11.9 Å². The first-order valence-electron chi connectivity index (χ1n) is 6.10. The number of likely N-dealkylation sites (tertiary alicyclic amines) is 1. The number of hydrogen-bond acceptors (Lipinski definition) is 3. The molecule has 0 aromatic heterocycles. The summed E-state index contributed by atoms with van der Waals surface area (Å²) in [5.74, 6) is 0.507. The molecular weight excluding hydrogens is 204 g/mol. The average molecular weight is 228 g/mol. The molecule has 1 saturated heterocycles. The van der Waals surface area contributed by atoms with Crippen LogP contribution in [0.1, 0.15) is 34.1 Å². The van der Waals surface area contributed by atoms with Crippen molar-refractivity contribution >= 4 is 5.91 Å². The van der Waals surface area contributed by atoms with E-state index >= 15 is 0 Å². The van der Waals surface area contributed by atoms with Gasteiger partial charge in [-0.2, -0.15) is 0 Å². The molecule has 1 aliphatic heterocycles. The highest BCUT2D eigenvalue weighted by Crippen LogP contribution is 2.23. The van der Waals surface area contributed by atoms with Crippen LogP contribution < -0.4 is 5.32 Å². The van der Waals surface area contributed by atoms with Gasteiger partial charge >= 0.3 is 0 Å². The maximum absolute atomic E-state index is 11.6. The number of hydrogen-bond donors (Lipinski definition) is 2. The van der Waals surface area contributed by atoms with Crippen LogP contribution in [0, 0.1) is 5.92 Å². The second-order valence-corrected chi connectivity index (χ2v) is 5.32. The molecule has 0 aromatic carbocycles. The van der Waals surface area contributed by atoms with Crippen molar-refractivity contribution in [2.75, 3.05) is 19.6 Å². The van der Waals surface area contributed by atoms with Gasteiger partial charge in [0.25, 0.3) is 0 Å². The molecule has 94 valence electrons. The first-order valence-corrected chi connectivity index (χ1v) is 6.10. The monoisotopic (exact) mass is 228 g/mol. The molecule has 0 bridgehead atoms. The third-order valence-corrected chi connectivity index (χ3v) is 3.45. The lowest BCUT2D eigenvalue weighted by molar-refractivity contribution is -0.133. The van der Waals surface area contributed by atoms with Gasteiger partial charge in [0, 0.05) is 19.1 Å². The van der Waals surface area contributed by atoms with Gasteiger partial charge < -0.3 is 10.4 Å². The minimum absolute atomic E-state index is 0.0550. The summed E-state index contributed by atoms with van der Waals surface area (Å²) in [7, 11) is 0. The van der Waals surface area contributed by atoms with E-state index in [1.54, 1.807) is 0 Å². The van der Waals surface area contributed by atoms with Crippen LogP contribution in [-0.4, -0.2) is 47.2 Å². The van der Waals surface area contributed by atoms with Crippen LogP contribution in [0.2, 0.25) is 0 Å². The summed E-state index contributed by atoms with van der Waals surface area (Å²) in [6.45, 7) is 9.80. The Morgan fingerprint density at radius 3 is 2.44 bits per heavy atom. The summed E-state index contributed by atoms with van der Waals surface area (Å²) >= 11 is 0. The number of carbonyl (C=O) groups is 1. The Balaban J connectivity index is 2.22. The standard InChI is InChI=1S/C12H24N2O2/c1-5-12(16)7-14(8-12)6-11(15)13-10(4)9(2)3/h9-10,16H,5-8H2,1-4H3,(H,13,15). The molecule has 4 heteroatoms. The minimum atomic E-state index is -0.552. The first kappa shape index (κ1) is 13.5. The molecule has 1 heterocycles. The second kappa shape index (κ2) is 5.15. The van der Waals surface area contributed by atoms with Gasteiger partial charge in [0.15, 0.2) is 0 Å². The fraction of sp³-hybridized carbons (Fsp3) is 0.917. The molecule has 0 aromatic rings. The molecule has 0 saturated carbocycles. The largest absolute Gasteiger partial charge is 0.387 e. The van der Waals surface area contributed by atoms with E-state index in [9.17, 15) is 9.90 Å². The van der Waals surface area contributed by atoms with Crippen molar-refractivity contribution in [3.8, 4) is 0 Å². The molecule has 1 unspecified atom stereocenters. The highest BCUT2D eigenvalue weighted by molar-refractivity contribution is 5.78. The van der Waals surface area contributed by atoms with Crippen molar-refractivity contribution in [1.29, 1.82) is 0 Å². The lowest BCUT2D eigenvalue weighted by Gasteiger charge is -2.45. The number of nitrogens with one attached hydrogen (secondary N) is 1. The SMILES string of the molecule is CCC1(O)CN(CC(=O)NC(C)C(C)C)C1. The minimum Gasteiger partial charge on any atom is -0.387 e. The maximum atomic E-state index is 11.6. The molecule has 4 nitrogen and oxygen atoms in total. The molecule has 0 aliphatic carbocycles. The zero-order valence-electron chi connectivity index (χ0n) is 10.8. The highest BCUT2D eigenvalue weighted by atomic mass is 16.3. The van der Waals surface area contributed by atoms with Crippen LogP contribution in [0.15, 0.2) is 0 Å². The lowest BCUT2D eigenvalue weighted by Crippen LogP contribution is -2.63. The number of β-amino-alcohol motifs (C(OH)–C–C–N with tert-alkyl or cyclic N) is 1. The van der Waals surface area contributed by atoms with Crippen molar-refractivity contribution < 1.29 is 9.90 Å². The highest BCUT2D eigenvalue weighted by Gasteiger charge is 2.39. The van der Waals surface area contributed by atoms with Gasteiger partial charge in [-0.3, -0.25) is 9.69 Å². The third-order valence-electron chi connectivity index (χ3n) is 3.45. The summed E-state index contributed by atoms with van der Waals surface area (Å²) in [4.78, 5) is 13.6. The van der Waals surface area contributed by atoms with Crippen molar-refractivity contribution in [1.82, 2.24) is 10.2 Å². The summed E-state index contributed by atoms with van der Waals surface area (Å²) in [5, 5.41) is 12.8. The van der Waals surface area contributed by atoms with Crippen molar-refractivity contribution in [2.24, 2.45) is 5.92 Å². The third kappa shape index (κ3) is 3.46. The molecule has 1 fully saturated rings. The van der Waals surface area contributed by atoms with Gasteiger partial charge in [-0.25, -0.2) is 0 Å². The van der Waals surface area contributed by atoms with Crippen molar-refractivity contribution in [3.63, 3.8) is 0 Å². The van der Waals surface area contributed by atoms with E-state index in [1.165, 1.54) is 0 Å². The van der Waals surface area contributed by atoms with Crippen molar-refractivity contribution in [3.05, 3.63) is 0 Å². The number of rotatable bonds is 5. The zero-order chi connectivity index (χ0) is 12.3. The molecule has 16 heavy (non-hydrogen) atoms. The van der Waals surface area contributed by atoms with Gasteiger partial charge in [-0.1, -0.05) is 20.8 Å². The predicted octanol–water partition coefficient (Wildman–Crippen LogP) is 0.604. The van der Waals surface area contributed by atoms with Crippen LogP contribution >= 0.6 is 0 Å². The Morgan fingerprint density at radius 2 is 2.00 bits per heavy atom. The van der Waals surface area contributed by atoms with Crippen LogP contribution in [0.25, 0.3) is 0 Å². The van der Waals surface area contributed by atoms with Crippen LogP contribution in [0.3, 0.4) is 0 Å². The van der Waals surface area contributed by atoms with Gasteiger partial charge in [-0.15, -0.1) is 0 Å². The van der Waals surface area contributed by atoms with E-state index in [1.807, 2.05) is 18.7 Å². The predicted molar refractivity (Wildman–Crippen MR) is 64.1 cm³/mol. The van der Waals surface area contributed by atoms with Crippen molar-refractivity contribution in [2.45, 2.75) is 45.8 Å². The quantitative estimate of drug-likeness (QED) is 0.724. The number of carbonyl (C=O) groups excluding carboxylic acids is 1. The molecule has 1 atom stereocenters. The summed E-state index contributed by atoms with van der Waals surface area (Å²) in [6, 6.07) is 0.207. The molecule has 2 N–H and O–H groups in total. The normalized spacial score (nSPS) is 21.6. The Morgan fingerprint density at radius 1 is 1.44 bits per heavy atom. The number of nitrogens with zero attached hydrogens (tertiary/aromatic N) is 1. The maximum Gasteiger partial charge on any atom is 0.234 e. The van der Waals surface area contributed by atoms with Gasteiger partial charge in [0.2, 0.25) is 5.91 Å². The Hall–Kier alpha value is -0.610. The average Bonchev–Trinajstić information content (AvgIpc) is 2.14. The number of aliphatic hydroxyl groups is 1. The van der Waals surface area contributed by atoms with Gasteiger partial charge in [0.05, 0.1) is 12.1 Å². The Bertz CT molecular complexity index is 247. The van der Waals surface area contributed by atoms with Crippen LogP contribution in [0.4, 0.5) is 0 Å². The molecule has 1 aliphatic rings. The molecular formula is C12H24N2O2. The Kier molecular flexibility index (Phi) is 4.33. The van der Waals surface area contributed by atoms with E-state index < -0.39 is 5.60 Å². The summed E-state index contributed by atoms with van der Waals surface area (Å²) in [6.07, 6.45) is 0.757. The molecule has 1 rings (SSSR count). The smallest absolute Gasteiger partial charge is 0.234 e. The number of amides is 1. The van der Waals surface area contributed by atoms with E-state index in [4.69, 9.17) is 0 Å². The zero-order valence-corrected chi connectivity index (χ0v) is 10.8. The van der Waals surface area contributed by atoms with E-state index in [2.05, 4.69) is 19.2 Å². The first-order chi connectivity index (χ1) is 7.36. The van der Waals surface area contributed by atoms with Gasteiger partial charge in [-0.05, 0) is 19.3 Å². The van der Waals surface area contributed by atoms with Crippen LogP contribution in [-0.2, 0) is 4.79 Å². The second-order valence-electron chi connectivity index (χ2n) is 5.32. The van der Waals surface area contributed by atoms with E-state index in [0.29, 0.717) is 25.6 Å². The molecule has 1 amide bonds. The van der Waals surface area contributed by atoms with Gasteiger partial charge in [0.1, 0.15) is 0 Å². The Labute approximate surface area is 98.0 Å². The fourth-order valence-electron chi connectivity index (χ4n) is 1.79. The van der Waals surface area contributed by atoms with Crippen LogP contribution in [0.5, 0.6) is 0 Å². The fourth-order valence-corrected chi connectivity index (χ4v) is 1.79.